The average molecular weight is 296 g/mol. The van der Waals surface area contributed by atoms with E-state index in [1.807, 2.05) is 6.92 Å². The molecule has 114 valence electrons. The third kappa shape index (κ3) is 2.74. The minimum Gasteiger partial charge on any atom is -0.322 e. The number of amides is 1. The fourth-order valence-corrected chi connectivity index (χ4v) is 5.50. The van der Waals surface area contributed by atoms with Gasteiger partial charge < -0.3 is 4.90 Å². The molecule has 2 saturated carbocycles. The molecule has 1 heterocycles. The zero-order valence-electron chi connectivity index (χ0n) is 12.8. The first-order valence-electron chi connectivity index (χ1n) is 8.40. The van der Waals surface area contributed by atoms with Gasteiger partial charge in [-0.15, -0.1) is 0 Å². The molecule has 1 N–H and O–H groups in total. The Hall–Kier alpha value is -0.220. The highest BCUT2D eigenvalue weighted by molar-refractivity contribution is 7.99. The van der Waals surface area contributed by atoms with E-state index in [9.17, 15) is 4.79 Å². The molecule has 4 unspecified atom stereocenters. The molecule has 0 bridgehead atoms. The predicted molar refractivity (Wildman–Crippen MR) is 84.7 cm³/mol. The highest BCUT2D eigenvalue weighted by atomic mass is 32.2. The molecular weight excluding hydrogens is 268 g/mol. The van der Waals surface area contributed by atoms with Gasteiger partial charge in [0.2, 0.25) is 5.91 Å². The van der Waals surface area contributed by atoms with E-state index in [-0.39, 0.29) is 6.04 Å². The number of nitrogens with one attached hydrogen (secondary N) is 1. The summed E-state index contributed by atoms with van der Waals surface area (Å²) in [7, 11) is 0. The molecule has 20 heavy (non-hydrogen) atoms. The molecule has 2 aliphatic carbocycles. The van der Waals surface area contributed by atoms with E-state index in [2.05, 4.69) is 28.9 Å². The number of nitrogens with zero attached hydrogens (tertiary/aromatic N) is 1. The van der Waals surface area contributed by atoms with E-state index in [0.717, 1.165) is 5.25 Å². The maximum atomic E-state index is 12.6. The van der Waals surface area contributed by atoms with Gasteiger partial charge in [-0.1, -0.05) is 19.8 Å². The first kappa shape index (κ1) is 14.7. The second kappa shape index (κ2) is 6.27. The topological polar surface area (TPSA) is 32.3 Å². The molecule has 4 heteroatoms. The van der Waals surface area contributed by atoms with Crippen molar-refractivity contribution in [2.45, 2.75) is 82.3 Å². The van der Waals surface area contributed by atoms with Crippen LogP contribution in [0.5, 0.6) is 0 Å². The Kier molecular flexibility index (Phi) is 4.61. The molecule has 1 saturated heterocycles. The summed E-state index contributed by atoms with van der Waals surface area (Å²) in [4.78, 5) is 14.8. The minimum atomic E-state index is 0.0264. The van der Waals surface area contributed by atoms with Crippen LogP contribution in [0, 0.1) is 5.92 Å². The molecule has 3 aliphatic rings. The van der Waals surface area contributed by atoms with Gasteiger partial charge in [-0.05, 0) is 50.7 Å². The molecular formula is C16H28N2OS. The van der Waals surface area contributed by atoms with Crippen LogP contribution < -0.4 is 5.32 Å². The van der Waals surface area contributed by atoms with E-state index in [1.54, 1.807) is 0 Å². The largest absolute Gasteiger partial charge is 0.322 e. The van der Waals surface area contributed by atoms with E-state index >= 15 is 0 Å². The monoisotopic (exact) mass is 296 g/mol. The molecule has 4 atom stereocenters. The molecule has 3 fully saturated rings. The fraction of sp³-hybridized carbons (Fsp3) is 0.938. The second-order valence-electron chi connectivity index (χ2n) is 6.67. The van der Waals surface area contributed by atoms with Crippen molar-refractivity contribution >= 4 is 17.7 Å². The van der Waals surface area contributed by atoms with E-state index in [4.69, 9.17) is 0 Å². The summed E-state index contributed by atoms with van der Waals surface area (Å²) in [6, 6.07) is 0.521. The summed E-state index contributed by atoms with van der Waals surface area (Å²) < 4.78 is 0. The summed E-state index contributed by atoms with van der Waals surface area (Å²) >= 11 is 2.08. The lowest BCUT2D eigenvalue weighted by Crippen LogP contribution is -2.47. The minimum absolute atomic E-state index is 0.0264. The van der Waals surface area contributed by atoms with Crippen LogP contribution in [0.2, 0.25) is 0 Å². The van der Waals surface area contributed by atoms with Gasteiger partial charge in [-0.3, -0.25) is 10.1 Å². The zero-order valence-corrected chi connectivity index (χ0v) is 13.6. The Morgan fingerprint density at radius 1 is 1.25 bits per heavy atom. The van der Waals surface area contributed by atoms with Crippen LogP contribution in [-0.2, 0) is 4.79 Å². The highest BCUT2D eigenvalue weighted by Gasteiger charge is 2.46. The second-order valence-corrected chi connectivity index (χ2v) is 8.24. The quantitative estimate of drug-likeness (QED) is 0.865. The smallest absolute Gasteiger partial charge is 0.240 e. The highest BCUT2D eigenvalue weighted by Crippen LogP contribution is 2.38. The van der Waals surface area contributed by atoms with Gasteiger partial charge in [0, 0.05) is 11.3 Å². The number of hydrogen-bond donors (Lipinski definition) is 1. The van der Waals surface area contributed by atoms with Gasteiger partial charge in [-0.2, -0.15) is 11.8 Å². The van der Waals surface area contributed by atoms with Crippen LogP contribution in [0.3, 0.4) is 0 Å². The Balaban J connectivity index is 1.69. The van der Waals surface area contributed by atoms with Crippen molar-refractivity contribution in [3.05, 3.63) is 0 Å². The number of carbonyl (C=O) groups excluding carboxylic acids is 1. The van der Waals surface area contributed by atoms with Crippen molar-refractivity contribution in [3.8, 4) is 0 Å². The predicted octanol–water partition coefficient (Wildman–Crippen LogP) is 3.00. The van der Waals surface area contributed by atoms with Gasteiger partial charge in [-0.25, -0.2) is 0 Å². The lowest BCUT2D eigenvalue weighted by atomic mass is 10.0. The van der Waals surface area contributed by atoms with Gasteiger partial charge in [0.25, 0.3) is 0 Å². The van der Waals surface area contributed by atoms with Gasteiger partial charge in [0.15, 0.2) is 0 Å². The van der Waals surface area contributed by atoms with Crippen molar-refractivity contribution < 1.29 is 4.79 Å². The zero-order chi connectivity index (χ0) is 14.1. The molecule has 0 spiro atoms. The number of hydrogen-bond acceptors (Lipinski definition) is 3. The van der Waals surface area contributed by atoms with Crippen LogP contribution >= 0.6 is 11.8 Å². The van der Waals surface area contributed by atoms with Crippen LogP contribution in [0.1, 0.15) is 58.8 Å². The van der Waals surface area contributed by atoms with Gasteiger partial charge in [0.05, 0.1) is 12.2 Å². The lowest BCUT2D eigenvalue weighted by Gasteiger charge is -2.34. The average Bonchev–Trinajstić information content (AvgIpc) is 3.12. The lowest BCUT2D eigenvalue weighted by molar-refractivity contribution is -0.132. The summed E-state index contributed by atoms with van der Waals surface area (Å²) in [6.07, 6.45) is 9.33. The summed E-state index contributed by atoms with van der Waals surface area (Å²) in [5.41, 5.74) is 0. The Morgan fingerprint density at radius 2 is 2.00 bits per heavy atom. The van der Waals surface area contributed by atoms with Crippen molar-refractivity contribution in [3.63, 3.8) is 0 Å². The molecule has 0 aromatic carbocycles. The standard InChI is InChI=1S/C16H28N2OS/c1-3-20-14-9-8-13(10-14)18-15(12-6-4-5-7-12)17-11(2)16(18)19/h11-15,17H,3-10H2,1-2H3. The summed E-state index contributed by atoms with van der Waals surface area (Å²) in [6.45, 7) is 4.28. The number of carbonyl (C=O) groups is 1. The molecule has 1 aliphatic heterocycles. The SMILES string of the molecule is CCSC1CCC(N2C(=O)C(C)NC2C2CCCC2)C1. The van der Waals surface area contributed by atoms with Crippen LogP contribution in [-0.4, -0.2) is 40.1 Å². The fourth-order valence-electron chi connectivity index (χ4n) is 4.37. The Morgan fingerprint density at radius 3 is 2.70 bits per heavy atom. The van der Waals surface area contributed by atoms with Crippen LogP contribution in [0.15, 0.2) is 0 Å². The first-order chi connectivity index (χ1) is 9.70. The van der Waals surface area contributed by atoms with Crippen molar-refractivity contribution in [2.75, 3.05) is 5.75 Å². The van der Waals surface area contributed by atoms with E-state index in [0.29, 0.717) is 24.0 Å². The molecule has 0 aromatic heterocycles. The van der Waals surface area contributed by atoms with Crippen molar-refractivity contribution in [1.29, 1.82) is 0 Å². The van der Waals surface area contributed by atoms with Crippen molar-refractivity contribution in [2.24, 2.45) is 5.92 Å². The van der Waals surface area contributed by atoms with E-state index in [1.165, 1.54) is 50.7 Å². The first-order valence-corrected chi connectivity index (χ1v) is 9.45. The van der Waals surface area contributed by atoms with Gasteiger partial charge >= 0.3 is 0 Å². The van der Waals surface area contributed by atoms with Gasteiger partial charge in [0.1, 0.15) is 0 Å². The molecule has 3 rings (SSSR count). The molecule has 0 radical (unpaired) electrons. The molecule has 3 nitrogen and oxygen atoms in total. The van der Waals surface area contributed by atoms with E-state index < -0.39 is 0 Å². The molecule has 1 amide bonds. The summed E-state index contributed by atoms with van der Waals surface area (Å²) in [5.74, 6) is 2.25. The third-order valence-electron chi connectivity index (χ3n) is 5.34. The summed E-state index contributed by atoms with van der Waals surface area (Å²) in [5, 5.41) is 4.36. The number of thioether (sulfide) groups is 1. The van der Waals surface area contributed by atoms with Crippen LogP contribution in [0.4, 0.5) is 0 Å². The third-order valence-corrected chi connectivity index (χ3v) is 6.58. The van der Waals surface area contributed by atoms with Crippen molar-refractivity contribution in [1.82, 2.24) is 10.2 Å². The molecule has 0 aromatic rings. The van der Waals surface area contributed by atoms with Crippen LogP contribution in [0.25, 0.3) is 0 Å². The Labute approximate surface area is 127 Å². The normalized spacial score (nSPS) is 39.1. The maximum absolute atomic E-state index is 12.6. The number of rotatable bonds is 4. The maximum Gasteiger partial charge on any atom is 0.240 e. The Bertz CT molecular complexity index is 356.